The molecular weight excluding hydrogens is 342 g/mol. The fourth-order valence-corrected chi connectivity index (χ4v) is 3.15. The van der Waals surface area contributed by atoms with Gasteiger partial charge in [0, 0.05) is 33.4 Å². The van der Waals surface area contributed by atoms with Gasteiger partial charge in [-0.3, -0.25) is 4.90 Å². The third-order valence-electron chi connectivity index (χ3n) is 4.46. The Bertz CT molecular complexity index is 663. The highest BCUT2D eigenvalue weighted by Crippen LogP contribution is 2.28. The first-order valence-corrected chi connectivity index (χ1v) is 9.30. The maximum atomic E-state index is 10.6. The largest absolute Gasteiger partial charge is 0.493 e. The maximum Gasteiger partial charge on any atom is 0.161 e. The molecule has 0 fully saturated rings. The smallest absolute Gasteiger partial charge is 0.161 e. The molecule has 5 heteroatoms. The minimum absolute atomic E-state index is 0.421. The molecule has 0 saturated carbocycles. The number of hydrogen-bond acceptors (Lipinski definition) is 5. The molecule has 1 N–H and O–H groups in total. The lowest BCUT2D eigenvalue weighted by Crippen LogP contribution is -2.34. The molecule has 0 aromatic heterocycles. The number of benzene rings is 2. The molecular formula is C22H31NO4. The Labute approximate surface area is 162 Å². The number of methoxy groups -OCH3 is 3. The molecule has 0 radical (unpaired) electrons. The molecule has 2 rings (SSSR count). The summed E-state index contributed by atoms with van der Waals surface area (Å²) in [5.41, 5.74) is 2.27. The molecule has 5 nitrogen and oxygen atoms in total. The van der Waals surface area contributed by atoms with E-state index in [2.05, 4.69) is 4.90 Å². The van der Waals surface area contributed by atoms with Gasteiger partial charge in [0.1, 0.15) is 0 Å². The molecule has 0 amide bonds. The van der Waals surface area contributed by atoms with Crippen LogP contribution in [0.15, 0.2) is 48.5 Å². The Morgan fingerprint density at radius 1 is 0.926 bits per heavy atom. The molecule has 0 spiro atoms. The third-order valence-corrected chi connectivity index (χ3v) is 4.46. The van der Waals surface area contributed by atoms with Crippen molar-refractivity contribution < 1.29 is 19.3 Å². The second kappa shape index (κ2) is 11.6. The van der Waals surface area contributed by atoms with E-state index < -0.39 is 6.10 Å². The standard InChI is InChI=1S/C22H31NO4/c1-25-13-7-12-23(17-20(24)14-18-8-5-4-6-9-18)16-19-10-11-21(26-2)22(15-19)27-3/h4-6,8-11,15,20,24H,7,12-14,16-17H2,1-3H3. The monoisotopic (exact) mass is 373 g/mol. The SMILES string of the molecule is COCCCN(Cc1ccc(OC)c(OC)c1)CC(O)Cc1ccccc1. The topological polar surface area (TPSA) is 51.2 Å². The summed E-state index contributed by atoms with van der Waals surface area (Å²) in [5, 5.41) is 10.6. The minimum atomic E-state index is -0.421. The van der Waals surface area contributed by atoms with Gasteiger partial charge in [-0.1, -0.05) is 36.4 Å². The fourth-order valence-electron chi connectivity index (χ4n) is 3.15. The molecule has 1 unspecified atom stereocenters. The molecule has 2 aromatic carbocycles. The van der Waals surface area contributed by atoms with E-state index in [0.29, 0.717) is 19.6 Å². The number of nitrogens with zero attached hydrogens (tertiary/aromatic N) is 1. The molecule has 27 heavy (non-hydrogen) atoms. The van der Waals surface area contributed by atoms with E-state index in [9.17, 15) is 5.11 Å². The highest BCUT2D eigenvalue weighted by atomic mass is 16.5. The normalized spacial score (nSPS) is 12.2. The zero-order valence-electron chi connectivity index (χ0n) is 16.6. The zero-order valence-corrected chi connectivity index (χ0v) is 16.6. The fraction of sp³-hybridized carbons (Fsp3) is 0.455. The zero-order chi connectivity index (χ0) is 19.5. The third kappa shape index (κ3) is 7.21. The van der Waals surface area contributed by atoms with E-state index in [1.807, 2.05) is 48.5 Å². The molecule has 2 aromatic rings. The quantitative estimate of drug-likeness (QED) is 0.579. The van der Waals surface area contributed by atoms with Crippen molar-refractivity contribution in [2.75, 3.05) is 41.0 Å². The van der Waals surface area contributed by atoms with Crippen LogP contribution >= 0.6 is 0 Å². The lowest BCUT2D eigenvalue weighted by atomic mass is 10.1. The van der Waals surface area contributed by atoms with Crippen molar-refractivity contribution in [3.63, 3.8) is 0 Å². The predicted octanol–water partition coefficient (Wildman–Crippen LogP) is 3.15. The first-order chi connectivity index (χ1) is 13.2. The first kappa shape index (κ1) is 21.2. The molecule has 1 atom stereocenters. The Morgan fingerprint density at radius 2 is 1.67 bits per heavy atom. The summed E-state index contributed by atoms with van der Waals surface area (Å²) in [5.74, 6) is 1.44. The summed E-state index contributed by atoms with van der Waals surface area (Å²) in [4.78, 5) is 2.26. The van der Waals surface area contributed by atoms with Crippen molar-refractivity contribution in [1.29, 1.82) is 0 Å². The van der Waals surface area contributed by atoms with Crippen molar-refractivity contribution in [3.05, 3.63) is 59.7 Å². The van der Waals surface area contributed by atoms with E-state index >= 15 is 0 Å². The van der Waals surface area contributed by atoms with Gasteiger partial charge in [0.05, 0.1) is 20.3 Å². The average Bonchev–Trinajstić information content (AvgIpc) is 2.68. The van der Waals surface area contributed by atoms with Crippen LogP contribution in [0.5, 0.6) is 11.5 Å². The van der Waals surface area contributed by atoms with Crippen LogP contribution in [0.4, 0.5) is 0 Å². The van der Waals surface area contributed by atoms with Gasteiger partial charge in [-0.25, -0.2) is 0 Å². The number of rotatable bonds is 12. The number of aliphatic hydroxyl groups excluding tert-OH is 1. The van der Waals surface area contributed by atoms with Crippen LogP contribution in [0.2, 0.25) is 0 Å². The minimum Gasteiger partial charge on any atom is -0.493 e. The summed E-state index contributed by atoms with van der Waals surface area (Å²) >= 11 is 0. The van der Waals surface area contributed by atoms with Crippen molar-refractivity contribution in [1.82, 2.24) is 4.90 Å². The molecule has 0 aliphatic rings. The number of hydrogen-bond donors (Lipinski definition) is 1. The number of aliphatic hydroxyl groups is 1. The highest BCUT2D eigenvalue weighted by molar-refractivity contribution is 5.42. The summed E-state index contributed by atoms with van der Waals surface area (Å²) in [6, 6.07) is 16.0. The van der Waals surface area contributed by atoms with Crippen LogP contribution < -0.4 is 9.47 Å². The lowest BCUT2D eigenvalue weighted by molar-refractivity contribution is 0.0993. The molecule has 0 bridgehead atoms. The second-order valence-electron chi connectivity index (χ2n) is 6.61. The van der Waals surface area contributed by atoms with Crippen molar-refractivity contribution in [2.24, 2.45) is 0 Å². The molecule has 0 heterocycles. The Hall–Kier alpha value is -2.08. The van der Waals surface area contributed by atoms with Crippen LogP contribution in [-0.2, 0) is 17.7 Å². The van der Waals surface area contributed by atoms with Crippen molar-refractivity contribution >= 4 is 0 Å². The van der Waals surface area contributed by atoms with Crippen molar-refractivity contribution in [2.45, 2.75) is 25.5 Å². The molecule has 148 valence electrons. The number of ether oxygens (including phenoxy) is 3. The highest BCUT2D eigenvalue weighted by Gasteiger charge is 2.14. The second-order valence-corrected chi connectivity index (χ2v) is 6.61. The summed E-state index contributed by atoms with van der Waals surface area (Å²) in [7, 11) is 4.99. The molecule has 0 aliphatic carbocycles. The van der Waals surface area contributed by atoms with Crippen LogP contribution in [0, 0.1) is 0 Å². The van der Waals surface area contributed by atoms with Gasteiger partial charge < -0.3 is 19.3 Å². The summed E-state index contributed by atoms with van der Waals surface area (Å²) in [6.45, 7) is 2.90. The Balaban J connectivity index is 2.02. The van der Waals surface area contributed by atoms with E-state index in [-0.39, 0.29) is 0 Å². The Kier molecular flexibility index (Phi) is 9.11. The van der Waals surface area contributed by atoms with E-state index in [1.165, 1.54) is 0 Å². The van der Waals surface area contributed by atoms with Crippen LogP contribution in [0.3, 0.4) is 0 Å². The maximum absolute atomic E-state index is 10.6. The summed E-state index contributed by atoms with van der Waals surface area (Å²) in [6.07, 6.45) is 1.14. The predicted molar refractivity (Wildman–Crippen MR) is 107 cm³/mol. The van der Waals surface area contributed by atoms with Crippen molar-refractivity contribution in [3.8, 4) is 11.5 Å². The van der Waals surface area contributed by atoms with Gasteiger partial charge in [-0.15, -0.1) is 0 Å². The van der Waals surface area contributed by atoms with Gasteiger partial charge in [0.2, 0.25) is 0 Å². The average molecular weight is 373 g/mol. The summed E-state index contributed by atoms with van der Waals surface area (Å²) < 4.78 is 15.9. The lowest BCUT2D eigenvalue weighted by Gasteiger charge is -2.25. The van der Waals surface area contributed by atoms with Gasteiger partial charge in [-0.05, 0) is 36.1 Å². The molecule has 0 saturated heterocycles. The van der Waals surface area contributed by atoms with E-state index in [1.54, 1.807) is 21.3 Å². The van der Waals surface area contributed by atoms with Gasteiger partial charge in [0.15, 0.2) is 11.5 Å². The van der Waals surface area contributed by atoms with E-state index in [0.717, 1.165) is 42.1 Å². The Morgan fingerprint density at radius 3 is 2.33 bits per heavy atom. The van der Waals surface area contributed by atoms with Crippen LogP contribution in [0.1, 0.15) is 17.5 Å². The van der Waals surface area contributed by atoms with E-state index in [4.69, 9.17) is 14.2 Å². The van der Waals surface area contributed by atoms with Gasteiger partial charge in [-0.2, -0.15) is 0 Å². The van der Waals surface area contributed by atoms with Crippen LogP contribution in [0.25, 0.3) is 0 Å². The molecule has 0 aliphatic heterocycles. The van der Waals surface area contributed by atoms with Gasteiger partial charge >= 0.3 is 0 Å². The van der Waals surface area contributed by atoms with Crippen LogP contribution in [-0.4, -0.2) is 57.1 Å². The van der Waals surface area contributed by atoms with Gasteiger partial charge in [0.25, 0.3) is 0 Å². The first-order valence-electron chi connectivity index (χ1n) is 9.30.